The van der Waals surface area contributed by atoms with Crippen LogP contribution in [0.3, 0.4) is 0 Å². The van der Waals surface area contributed by atoms with Crippen LogP contribution in [0, 0.1) is 12.7 Å². The van der Waals surface area contributed by atoms with Crippen molar-refractivity contribution in [1.29, 1.82) is 0 Å². The molecular weight excluding hydrogens is 547 g/mol. The Labute approximate surface area is 197 Å². The van der Waals surface area contributed by atoms with E-state index in [9.17, 15) is 17.6 Å². The largest absolute Gasteiger partial charge is 0.434 e. The number of thiazole rings is 1. The maximum absolute atomic E-state index is 14.5. The molecule has 0 fully saturated rings. The number of rotatable bonds is 6. The van der Waals surface area contributed by atoms with Gasteiger partial charge in [0, 0.05) is 24.3 Å². The number of nitrogens with zero attached hydrogens (tertiary/aromatic N) is 4. The zero-order valence-electron chi connectivity index (χ0n) is 16.7. The molecule has 0 unspecified atom stereocenters. The minimum Gasteiger partial charge on any atom is -0.357 e. The van der Waals surface area contributed by atoms with Gasteiger partial charge in [0.05, 0.1) is 18.8 Å². The normalized spacial score (nSPS) is 11.9. The van der Waals surface area contributed by atoms with Crippen molar-refractivity contribution in [2.75, 3.05) is 6.54 Å². The number of guanidine groups is 1. The van der Waals surface area contributed by atoms with Gasteiger partial charge in [-0.1, -0.05) is 6.07 Å². The number of hydrogen-bond donors (Lipinski definition) is 2. The lowest BCUT2D eigenvalue weighted by Crippen LogP contribution is -2.36. The Morgan fingerprint density at radius 3 is 2.61 bits per heavy atom. The van der Waals surface area contributed by atoms with Gasteiger partial charge in [-0.3, -0.25) is 0 Å². The summed E-state index contributed by atoms with van der Waals surface area (Å²) in [6, 6.07) is 4.82. The minimum atomic E-state index is -4.46. The van der Waals surface area contributed by atoms with E-state index < -0.39 is 17.7 Å². The van der Waals surface area contributed by atoms with Crippen molar-refractivity contribution in [3.05, 3.63) is 63.9 Å². The van der Waals surface area contributed by atoms with Crippen molar-refractivity contribution in [1.82, 2.24) is 25.2 Å². The monoisotopic (exact) mass is 568 g/mol. The molecule has 1 aromatic carbocycles. The molecule has 2 aromatic heterocycles. The first-order valence-electron chi connectivity index (χ1n) is 9.10. The molecule has 0 atom stereocenters. The van der Waals surface area contributed by atoms with Crippen LogP contribution in [-0.4, -0.2) is 27.0 Å². The van der Waals surface area contributed by atoms with Gasteiger partial charge in [-0.15, -0.1) is 35.3 Å². The summed E-state index contributed by atoms with van der Waals surface area (Å²) < 4.78 is 54.1. The molecular formula is C19H21F4IN6S. The maximum Gasteiger partial charge on any atom is 0.434 e. The van der Waals surface area contributed by atoms with Crippen LogP contribution in [0.25, 0.3) is 5.69 Å². The van der Waals surface area contributed by atoms with Crippen LogP contribution in [0.4, 0.5) is 17.6 Å². The molecule has 0 aliphatic rings. The van der Waals surface area contributed by atoms with Crippen LogP contribution in [0.5, 0.6) is 0 Å². The molecule has 0 saturated heterocycles. The van der Waals surface area contributed by atoms with Crippen LogP contribution < -0.4 is 10.6 Å². The third-order valence-corrected chi connectivity index (χ3v) is 4.96. The second-order valence-corrected chi connectivity index (χ2v) is 7.25. The molecule has 0 saturated carbocycles. The summed E-state index contributed by atoms with van der Waals surface area (Å²) >= 11 is 0.921. The molecule has 2 heterocycles. The Morgan fingerprint density at radius 2 is 2.03 bits per heavy atom. The number of benzene rings is 1. The summed E-state index contributed by atoms with van der Waals surface area (Å²) in [6.45, 7) is 4.50. The third kappa shape index (κ3) is 6.63. The van der Waals surface area contributed by atoms with Crippen molar-refractivity contribution in [2.45, 2.75) is 33.1 Å². The second-order valence-electron chi connectivity index (χ2n) is 6.30. The average molecular weight is 568 g/mol. The standard InChI is InChI=1S/C19H20F4N6S.HI/c1-3-24-18(27-10-17-28-16(11-30-17)19(21,22)23)26-9-13-4-5-15(14(20)8-13)29-7-6-25-12(29)2;/h4-8,11H,3,9-10H2,1-2H3,(H2,24,26,27);1H. The highest BCUT2D eigenvalue weighted by Crippen LogP contribution is 2.29. The predicted molar refractivity (Wildman–Crippen MR) is 122 cm³/mol. The smallest absolute Gasteiger partial charge is 0.357 e. The Bertz CT molecular complexity index is 1030. The van der Waals surface area contributed by atoms with Crippen molar-refractivity contribution >= 4 is 41.3 Å². The van der Waals surface area contributed by atoms with Crippen LogP contribution in [-0.2, 0) is 19.3 Å². The summed E-state index contributed by atoms with van der Waals surface area (Å²) in [6.07, 6.45) is -1.18. The lowest BCUT2D eigenvalue weighted by Gasteiger charge is -2.11. The lowest BCUT2D eigenvalue weighted by atomic mass is 10.2. The van der Waals surface area contributed by atoms with E-state index in [0.717, 1.165) is 16.7 Å². The van der Waals surface area contributed by atoms with Crippen molar-refractivity contribution < 1.29 is 17.6 Å². The van der Waals surface area contributed by atoms with Gasteiger partial charge in [-0.05, 0) is 31.5 Å². The number of aromatic nitrogens is 3. The molecule has 31 heavy (non-hydrogen) atoms. The van der Waals surface area contributed by atoms with Gasteiger partial charge in [0.15, 0.2) is 11.7 Å². The molecule has 0 aliphatic heterocycles. The fourth-order valence-electron chi connectivity index (χ4n) is 2.67. The van der Waals surface area contributed by atoms with Gasteiger partial charge in [0.25, 0.3) is 0 Å². The van der Waals surface area contributed by atoms with E-state index in [4.69, 9.17) is 0 Å². The van der Waals surface area contributed by atoms with Gasteiger partial charge in [0.1, 0.15) is 16.6 Å². The summed E-state index contributed by atoms with van der Waals surface area (Å²) in [5, 5.41) is 7.21. The first kappa shape index (κ1) is 25.0. The first-order chi connectivity index (χ1) is 14.3. The summed E-state index contributed by atoms with van der Waals surface area (Å²) in [4.78, 5) is 12.0. The topological polar surface area (TPSA) is 67.1 Å². The Balaban J connectivity index is 0.00000341. The van der Waals surface area contributed by atoms with Crippen molar-refractivity contribution in [2.24, 2.45) is 4.99 Å². The zero-order chi connectivity index (χ0) is 21.7. The van der Waals surface area contributed by atoms with E-state index in [0.29, 0.717) is 34.6 Å². The first-order valence-corrected chi connectivity index (χ1v) is 9.98. The third-order valence-electron chi connectivity index (χ3n) is 4.11. The number of aryl methyl sites for hydroxylation is 1. The zero-order valence-corrected chi connectivity index (χ0v) is 19.8. The molecule has 0 amide bonds. The summed E-state index contributed by atoms with van der Waals surface area (Å²) in [5.41, 5.74) is 0.141. The van der Waals surface area contributed by atoms with Crippen molar-refractivity contribution in [3.63, 3.8) is 0 Å². The number of imidazole rings is 1. The molecule has 0 radical (unpaired) electrons. The molecule has 0 bridgehead atoms. The molecule has 0 aliphatic carbocycles. The van der Waals surface area contributed by atoms with E-state index in [1.165, 1.54) is 6.07 Å². The highest BCUT2D eigenvalue weighted by Gasteiger charge is 2.33. The molecule has 0 spiro atoms. The second kappa shape index (κ2) is 10.9. The lowest BCUT2D eigenvalue weighted by molar-refractivity contribution is -0.140. The number of halogens is 5. The Kier molecular flexibility index (Phi) is 8.79. The summed E-state index contributed by atoms with van der Waals surface area (Å²) in [5.74, 6) is 0.676. The molecule has 2 N–H and O–H groups in total. The van der Waals surface area contributed by atoms with E-state index in [1.807, 2.05) is 6.92 Å². The van der Waals surface area contributed by atoms with Gasteiger partial charge in [-0.25, -0.2) is 19.4 Å². The predicted octanol–water partition coefficient (Wildman–Crippen LogP) is 4.67. The minimum absolute atomic E-state index is 0. The number of hydrogen-bond acceptors (Lipinski definition) is 4. The molecule has 3 aromatic rings. The Morgan fingerprint density at radius 1 is 1.26 bits per heavy atom. The van der Waals surface area contributed by atoms with Crippen molar-refractivity contribution in [3.8, 4) is 5.69 Å². The van der Waals surface area contributed by atoms with E-state index in [1.54, 1.807) is 36.0 Å². The maximum atomic E-state index is 14.5. The van der Waals surface area contributed by atoms with Crippen LogP contribution in [0.15, 0.2) is 41.0 Å². The molecule has 12 heteroatoms. The van der Waals surface area contributed by atoms with E-state index in [-0.39, 0.29) is 37.1 Å². The Hall–Kier alpha value is -2.22. The van der Waals surface area contributed by atoms with Gasteiger partial charge in [-0.2, -0.15) is 13.2 Å². The SMILES string of the molecule is CCNC(=NCc1ccc(-n2ccnc2C)c(F)c1)NCc1nc(C(F)(F)F)cs1.I. The van der Waals surface area contributed by atoms with Gasteiger partial charge >= 0.3 is 6.18 Å². The van der Waals surface area contributed by atoms with E-state index >= 15 is 0 Å². The molecule has 168 valence electrons. The fourth-order valence-corrected chi connectivity index (χ4v) is 3.41. The highest BCUT2D eigenvalue weighted by molar-refractivity contribution is 14.0. The molecule has 3 rings (SSSR count). The number of nitrogens with one attached hydrogen (secondary N) is 2. The summed E-state index contributed by atoms with van der Waals surface area (Å²) in [7, 11) is 0. The van der Waals surface area contributed by atoms with Crippen LogP contribution in [0.2, 0.25) is 0 Å². The van der Waals surface area contributed by atoms with Crippen LogP contribution >= 0.6 is 35.3 Å². The average Bonchev–Trinajstić information content (AvgIpc) is 3.33. The quantitative estimate of drug-likeness (QED) is 0.197. The highest BCUT2D eigenvalue weighted by atomic mass is 127. The number of alkyl halides is 3. The fraction of sp³-hybridized carbons (Fsp3) is 0.316. The van der Waals surface area contributed by atoms with Crippen LogP contribution in [0.1, 0.15) is 29.0 Å². The number of aliphatic imine (C=N–C) groups is 1. The van der Waals surface area contributed by atoms with E-state index in [2.05, 4.69) is 25.6 Å². The van der Waals surface area contributed by atoms with Gasteiger partial charge in [0.2, 0.25) is 0 Å². The molecule has 6 nitrogen and oxygen atoms in total. The van der Waals surface area contributed by atoms with Gasteiger partial charge < -0.3 is 15.2 Å².